The number of carbonyl (C=O) groups is 1. The Kier molecular flexibility index (Phi) is 5.78. The lowest BCUT2D eigenvalue weighted by molar-refractivity contribution is -0.140. The normalized spacial score (nSPS) is 46.8. The summed E-state index contributed by atoms with van der Waals surface area (Å²) in [4.78, 5) is 12.1. The van der Waals surface area contributed by atoms with Gasteiger partial charge in [0.15, 0.2) is 0 Å². The fraction of sp³-hybridized carbons (Fsp3) is 0.963. The molecule has 0 saturated heterocycles. The van der Waals surface area contributed by atoms with E-state index in [2.05, 4.69) is 34.6 Å². The van der Waals surface area contributed by atoms with E-state index in [1.54, 1.807) is 0 Å². The molecule has 0 aliphatic heterocycles. The van der Waals surface area contributed by atoms with Crippen molar-refractivity contribution in [1.29, 1.82) is 0 Å². The number of ketones is 1. The zero-order valence-corrected chi connectivity index (χ0v) is 19.4. The van der Waals surface area contributed by atoms with Crippen LogP contribution < -0.4 is 0 Å². The van der Waals surface area contributed by atoms with Gasteiger partial charge in [0.1, 0.15) is 5.78 Å². The van der Waals surface area contributed by atoms with Crippen molar-refractivity contribution >= 4 is 5.78 Å². The molecule has 4 unspecified atom stereocenters. The van der Waals surface area contributed by atoms with Gasteiger partial charge in [-0.15, -0.1) is 0 Å². The van der Waals surface area contributed by atoms with E-state index in [-0.39, 0.29) is 0 Å². The van der Waals surface area contributed by atoms with Gasteiger partial charge in [-0.1, -0.05) is 53.9 Å². The predicted molar refractivity (Wildman–Crippen MR) is 118 cm³/mol. The molecule has 160 valence electrons. The van der Waals surface area contributed by atoms with E-state index in [9.17, 15) is 4.79 Å². The molecule has 0 radical (unpaired) electrons. The minimum absolute atomic E-state index is 0.471. The Hall–Kier alpha value is -0.330. The van der Waals surface area contributed by atoms with Gasteiger partial charge in [0.05, 0.1) is 0 Å². The van der Waals surface area contributed by atoms with Crippen LogP contribution in [0.25, 0.3) is 0 Å². The molecule has 0 bridgehead atoms. The summed E-state index contributed by atoms with van der Waals surface area (Å²) in [6.45, 7) is 12.6. The third kappa shape index (κ3) is 3.41. The first-order chi connectivity index (χ1) is 13.3. The van der Waals surface area contributed by atoms with Crippen molar-refractivity contribution in [2.75, 3.05) is 0 Å². The highest BCUT2D eigenvalue weighted by Crippen LogP contribution is 2.68. The number of Topliss-reactive ketones (excluding diaryl/α,β-unsaturated/α-hetero) is 1. The van der Waals surface area contributed by atoms with Crippen LogP contribution >= 0.6 is 0 Å². The fourth-order valence-electron chi connectivity index (χ4n) is 9.07. The van der Waals surface area contributed by atoms with Gasteiger partial charge in [0, 0.05) is 12.8 Å². The first-order valence-electron chi connectivity index (χ1n) is 12.8. The predicted octanol–water partition coefficient (Wildman–Crippen LogP) is 7.68. The summed E-state index contributed by atoms with van der Waals surface area (Å²) in [5.74, 6) is 6.82. The Morgan fingerprint density at radius 3 is 2.39 bits per heavy atom. The summed E-state index contributed by atoms with van der Waals surface area (Å²) in [5, 5.41) is 0. The minimum Gasteiger partial charge on any atom is -0.300 e. The molecular formula is C27H46O. The molecular weight excluding hydrogens is 340 g/mol. The topological polar surface area (TPSA) is 17.1 Å². The van der Waals surface area contributed by atoms with Crippen LogP contribution in [0.5, 0.6) is 0 Å². The average Bonchev–Trinajstić information content (AvgIpc) is 2.99. The molecule has 4 aliphatic rings. The molecule has 0 aromatic carbocycles. The van der Waals surface area contributed by atoms with Crippen molar-refractivity contribution in [3.05, 3.63) is 0 Å². The lowest BCUT2D eigenvalue weighted by atomic mass is 9.44. The number of hydrogen-bond donors (Lipinski definition) is 0. The molecule has 1 heteroatoms. The molecule has 0 spiro atoms. The van der Waals surface area contributed by atoms with Crippen LogP contribution in [-0.2, 0) is 4.79 Å². The van der Waals surface area contributed by atoms with E-state index in [4.69, 9.17) is 0 Å². The molecule has 4 aliphatic carbocycles. The van der Waals surface area contributed by atoms with Crippen molar-refractivity contribution in [1.82, 2.24) is 0 Å². The highest BCUT2D eigenvalue weighted by molar-refractivity contribution is 5.79. The van der Waals surface area contributed by atoms with Gasteiger partial charge in [-0.2, -0.15) is 0 Å². The Balaban J connectivity index is 1.47. The van der Waals surface area contributed by atoms with Gasteiger partial charge in [0.2, 0.25) is 0 Å². The molecule has 0 N–H and O–H groups in total. The molecule has 0 heterocycles. The highest BCUT2D eigenvalue weighted by atomic mass is 16.1. The number of hydrogen-bond acceptors (Lipinski definition) is 1. The molecule has 0 aromatic heterocycles. The van der Waals surface area contributed by atoms with Crippen molar-refractivity contribution in [3.63, 3.8) is 0 Å². The lowest BCUT2D eigenvalue weighted by Gasteiger charge is -2.60. The van der Waals surface area contributed by atoms with E-state index < -0.39 is 0 Å². The Labute approximate surface area is 174 Å². The summed E-state index contributed by atoms with van der Waals surface area (Å²) in [7, 11) is 0. The van der Waals surface area contributed by atoms with Crippen LogP contribution in [0.2, 0.25) is 0 Å². The van der Waals surface area contributed by atoms with Crippen LogP contribution in [0.4, 0.5) is 0 Å². The molecule has 0 aromatic rings. The summed E-state index contributed by atoms with van der Waals surface area (Å²) in [6.07, 6.45) is 15.9. The monoisotopic (exact) mass is 386 g/mol. The maximum atomic E-state index is 12.1. The van der Waals surface area contributed by atoms with Crippen LogP contribution in [-0.4, -0.2) is 5.78 Å². The summed E-state index contributed by atoms with van der Waals surface area (Å²) in [5.41, 5.74) is 1.07. The van der Waals surface area contributed by atoms with Crippen molar-refractivity contribution < 1.29 is 4.79 Å². The van der Waals surface area contributed by atoms with E-state index in [0.717, 1.165) is 48.3 Å². The van der Waals surface area contributed by atoms with Gasteiger partial charge < -0.3 is 0 Å². The maximum Gasteiger partial charge on any atom is 0.133 e. The number of rotatable bonds is 5. The van der Waals surface area contributed by atoms with Gasteiger partial charge >= 0.3 is 0 Å². The Bertz CT molecular complexity index is 579. The molecule has 0 amide bonds. The number of carbonyl (C=O) groups excluding carboxylic acids is 1. The van der Waals surface area contributed by atoms with Crippen molar-refractivity contribution in [3.8, 4) is 0 Å². The second-order valence-corrected chi connectivity index (χ2v) is 12.4. The second-order valence-electron chi connectivity index (χ2n) is 12.4. The summed E-state index contributed by atoms with van der Waals surface area (Å²) in [6, 6.07) is 0. The Morgan fingerprint density at radius 2 is 1.64 bits per heavy atom. The second kappa shape index (κ2) is 7.73. The molecule has 8 atom stereocenters. The fourth-order valence-corrected chi connectivity index (χ4v) is 9.07. The third-order valence-electron chi connectivity index (χ3n) is 10.7. The maximum absolute atomic E-state index is 12.1. The standard InChI is InChI=1S/C27H46O/c1-18(2)7-6-8-19(3)23-11-12-24-22-10-9-20-17-21(28)13-15-26(20,4)25(22)14-16-27(23,24)5/h18-20,22-25H,6-17H2,1-5H3/t19-,20?,22?,23-,24?,25?,26-,27+/m0/s1. The quantitative estimate of drug-likeness (QED) is 0.473. The van der Waals surface area contributed by atoms with E-state index >= 15 is 0 Å². The molecule has 4 rings (SSSR count). The minimum atomic E-state index is 0.471. The van der Waals surface area contributed by atoms with Gasteiger partial charge in [-0.3, -0.25) is 4.79 Å². The molecule has 1 nitrogen and oxygen atoms in total. The van der Waals surface area contributed by atoms with Crippen molar-refractivity contribution in [2.45, 2.75) is 112 Å². The van der Waals surface area contributed by atoms with E-state index in [1.165, 1.54) is 64.2 Å². The van der Waals surface area contributed by atoms with E-state index in [1.807, 2.05) is 0 Å². The molecule has 4 fully saturated rings. The summed E-state index contributed by atoms with van der Waals surface area (Å²) < 4.78 is 0. The molecule has 4 saturated carbocycles. The third-order valence-corrected chi connectivity index (χ3v) is 10.7. The summed E-state index contributed by atoms with van der Waals surface area (Å²) >= 11 is 0. The largest absolute Gasteiger partial charge is 0.300 e. The van der Waals surface area contributed by atoms with Gasteiger partial charge in [0.25, 0.3) is 0 Å². The van der Waals surface area contributed by atoms with Crippen LogP contribution in [0, 0.1) is 52.3 Å². The zero-order valence-electron chi connectivity index (χ0n) is 19.4. The molecule has 28 heavy (non-hydrogen) atoms. The smallest absolute Gasteiger partial charge is 0.133 e. The van der Waals surface area contributed by atoms with Crippen LogP contribution in [0.1, 0.15) is 112 Å². The Morgan fingerprint density at radius 1 is 0.893 bits per heavy atom. The number of fused-ring (bicyclic) bond motifs is 5. The zero-order chi connectivity index (χ0) is 20.1. The van der Waals surface area contributed by atoms with Gasteiger partial charge in [-0.25, -0.2) is 0 Å². The van der Waals surface area contributed by atoms with E-state index in [0.29, 0.717) is 22.5 Å². The van der Waals surface area contributed by atoms with Gasteiger partial charge in [-0.05, 0) is 97.2 Å². The first-order valence-corrected chi connectivity index (χ1v) is 12.8. The van der Waals surface area contributed by atoms with Crippen molar-refractivity contribution in [2.24, 2.45) is 52.3 Å². The van der Waals surface area contributed by atoms with Crippen LogP contribution in [0.3, 0.4) is 0 Å². The first kappa shape index (κ1) is 20.9. The SMILES string of the molecule is CC(C)CCC[C@H](C)[C@@H]1CCC2C3CCC4CC(=O)CC[C@]4(C)C3CC[C@@]21C. The highest BCUT2D eigenvalue weighted by Gasteiger charge is 2.60. The van der Waals surface area contributed by atoms with Crippen LogP contribution in [0.15, 0.2) is 0 Å². The lowest BCUT2D eigenvalue weighted by Crippen LogP contribution is -2.53. The average molecular weight is 387 g/mol.